The molecule has 1 aromatic rings. The zero-order chi connectivity index (χ0) is 4.24. The van der Waals surface area contributed by atoms with E-state index in [4.69, 9.17) is 0 Å². The minimum atomic E-state index is 0. The van der Waals surface area contributed by atoms with Crippen LogP contribution in [0.4, 0.5) is 0 Å². The molecule has 3 heteroatoms. The molecule has 1 aromatic heterocycles. The summed E-state index contributed by atoms with van der Waals surface area (Å²) in [6, 6.07) is 4.42. The molecule has 1 heterocycles. The second-order valence-electron chi connectivity index (χ2n) is 0.842. The van der Waals surface area contributed by atoms with Gasteiger partial charge < -0.3 is 0 Å². The normalized spacial score (nSPS) is 6.86. The Balaban J connectivity index is 0.000000360. The molecule has 0 saturated heterocycles. The maximum Gasteiger partial charge on any atom is 0 e. The van der Waals surface area contributed by atoms with E-state index in [0.717, 1.165) is 0 Å². The van der Waals surface area contributed by atoms with Crippen LogP contribution in [0, 0.1) is 6.07 Å². The zero-order valence-corrected chi connectivity index (χ0v) is 6.54. The largest absolute Gasteiger partial charge is 0.258 e. The fraction of sp³-hybridized carbons (Fsp3) is 0. The minimum absolute atomic E-state index is 0. The van der Waals surface area contributed by atoms with E-state index in [9.17, 15) is 0 Å². The van der Waals surface area contributed by atoms with Gasteiger partial charge in [-0.1, -0.05) is 0 Å². The third-order valence-corrected chi connectivity index (χ3v) is 0.436. The first-order chi connectivity index (χ1) is 3.00. The predicted octanol–water partition coefficient (Wildman–Crippen LogP) is 0.274. The van der Waals surface area contributed by atoms with Crippen LogP contribution in [0.15, 0.2) is 18.5 Å². The zero-order valence-electron chi connectivity index (χ0n) is 3.70. The molecule has 0 aliphatic heterocycles. The SMILES string of the molecule is [Y].[c-]1ccnnc1. The summed E-state index contributed by atoms with van der Waals surface area (Å²) in [5.41, 5.74) is 0. The molecular weight excluding hydrogens is 165 g/mol. The van der Waals surface area contributed by atoms with E-state index < -0.39 is 0 Å². The quantitative estimate of drug-likeness (QED) is 0.519. The molecule has 1 rings (SSSR count). The molecule has 7 heavy (non-hydrogen) atoms. The third-order valence-electron chi connectivity index (χ3n) is 0.436. The van der Waals surface area contributed by atoms with Gasteiger partial charge in [-0.2, -0.15) is 5.10 Å². The monoisotopic (exact) mass is 168 g/mol. The summed E-state index contributed by atoms with van der Waals surface area (Å²) >= 11 is 0. The Kier molecular flexibility index (Phi) is 4.46. The van der Waals surface area contributed by atoms with E-state index >= 15 is 0 Å². The van der Waals surface area contributed by atoms with Crippen LogP contribution >= 0.6 is 0 Å². The fourth-order valence-corrected chi connectivity index (χ4v) is 0.225. The van der Waals surface area contributed by atoms with Crippen LogP contribution in [0.3, 0.4) is 0 Å². The Labute approximate surface area is 67.2 Å². The van der Waals surface area contributed by atoms with Crippen molar-refractivity contribution in [1.82, 2.24) is 10.2 Å². The Morgan fingerprint density at radius 2 is 2.14 bits per heavy atom. The maximum absolute atomic E-state index is 3.50. The van der Waals surface area contributed by atoms with Gasteiger partial charge in [-0.15, -0.1) is 6.20 Å². The molecule has 0 amide bonds. The van der Waals surface area contributed by atoms with Gasteiger partial charge in [0.25, 0.3) is 0 Å². The summed E-state index contributed by atoms with van der Waals surface area (Å²) in [5, 5.41) is 6.98. The molecule has 0 atom stereocenters. The van der Waals surface area contributed by atoms with Crippen molar-refractivity contribution in [2.75, 3.05) is 0 Å². The van der Waals surface area contributed by atoms with Crippen LogP contribution < -0.4 is 0 Å². The topological polar surface area (TPSA) is 25.8 Å². The van der Waals surface area contributed by atoms with E-state index in [2.05, 4.69) is 16.3 Å². The van der Waals surface area contributed by atoms with Crippen molar-refractivity contribution in [3.8, 4) is 0 Å². The molecule has 0 bridgehead atoms. The Morgan fingerprint density at radius 3 is 2.29 bits per heavy atom. The number of aromatic nitrogens is 2. The van der Waals surface area contributed by atoms with Gasteiger partial charge in [0, 0.05) is 32.7 Å². The third kappa shape index (κ3) is 2.83. The van der Waals surface area contributed by atoms with E-state index in [-0.39, 0.29) is 32.7 Å². The van der Waals surface area contributed by atoms with Gasteiger partial charge in [-0.25, -0.2) is 12.1 Å². The standard InChI is InChI=1S/C4H3N2.Y/c1-2-4-6-5-3-1;/h1,3-4H;/q-1;. The first-order valence-electron chi connectivity index (χ1n) is 1.63. The maximum atomic E-state index is 3.50. The van der Waals surface area contributed by atoms with E-state index in [0.29, 0.717) is 0 Å². The molecule has 0 spiro atoms. The van der Waals surface area contributed by atoms with Crippen molar-refractivity contribution in [3.05, 3.63) is 24.5 Å². The number of hydrogen-bond donors (Lipinski definition) is 0. The van der Waals surface area contributed by atoms with Gasteiger partial charge in [-0.05, 0) is 6.20 Å². The molecule has 0 N–H and O–H groups in total. The first kappa shape index (κ1) is 7.18. The molecule has 1 radical (unpaired) electrons. The van der Waals surface area contributed by atoms with E-state index in [1.54, 1.807) is 12.3 Å². The number of rotatable bonds is 0. The molecule has 2 nitrogen and oxygen atoms in total. The molecule has 0 aliphatic rings. The van der Waals surface area contributed by atoms with Gasteiger partial charge in [0.15, 0.2) is 0 Å². The second kappa shape index (κ2) is 4.35. The number of nitrogens with zero attached hydrogens (tertiary/aromatic N) is 2. The van der Waals surface area contributed by atoms with Crippen LogP contribution in [-0.4, -0.2) is 10.2 Å². The summed E-state index contributed by atoms with van der Waals surface area (Å²) in [4.78, 5) is 0. The predicted molar refractivity (Wildman–Crippen MR) is 20.9 cm³/mol. The smallest absolute Gasteiger partial charge is 0 e. The fourth-order valence-electron chi connectivity index (χ4n) is 0.225. The van der Waals surface area contributed by atoms with Crippen molar-refractivity contribution in [3.63, 3.8) is 0 Å². The van der Waals surface area contributed by atoms with Gasteiger partial charge in [0.1, 0.15) is 0 Å². The Bertz CT molecular complexity index is 81.6. The van der Waals surface area contributed by atoms with Crippen molar-refractivity contribution < 1.29 is 32.7 Å². The van der Waals surface area contributed by atoms with Gasteiger partial charge in [0.05, 0.1) is 0 Å². The van der Waals surface area contributed by atoms with Crippen LogP contribution in [0.5, 0.6) is 0 Å². The minimum Gasteiger partial charge on any atom is -0.258 e. The average Bonchev–Trinajstić information content (AvgIpc) is 1.72. The summed E-state index contributed by atoms with van der Waals surface area (Å²) < 4.78 is 0. The van der Waals surface area contributed by atoms with Crippen LogP contribution in [0.2, 0.25) is 0 Å². The second-order valence-corrected chi connectivity index (χ2v) is 0.842. The van der Waals surface area contributed by atoms with Crippen molar-refractivity contribution in [2.24, 2.45) is 0 Å². The summed E-state index contributed by atoms with van der Waals surface area (Å²) in [6.07, 6.45) is 3.10. The first-order valence-corrected chi connectivity index (χ1v) is 1.63. The van der Waals surface area contributed by atoms with Gasteiger partial charge in [-0.3, -0.25) is 5.10 Å². The molecule has 0 saturated carbocycles. The average molecular weight is 168 g/mol. The van der Waals surface area contributed by atoms with Crippen LogP contribution in [0.1, 0.15) is 0 Å². The molecule has 0 aliphatic carbocycles. The number of hydrogen-bond acceptors (Lipinski definition) is 2. The summed E-state index contributed by atoms with van der Waals surface area (Å²) in [6.45, 7) is 0. The molecule has 33 valence electrons. The van der Waals surface area contributed by atoms with Gasteiger partial charge in [0.2, 0.25) is 0 Å². The molecule has 0 aromatic carbocycles. The molecule has 0 fully saturated rings. The van der Waals surface area contributed by atoms with Crippen molar-refractivity contribution in [1.29, 1.82) is 0 Å². The van der Waals surface area contributed by atoms with Crippen molar-refractivity contribution >= 4 is 0 Å². The van der Waals surface area contributed by atoms with Gasteiger partial charge >= 0.3 is 0 Å². The Hall–Kier alpha value is 0.184. The molecular formula is C4H3N2Y-. The summed E-state index contributed by atoms with van der Waals surface area (Å²) in [7, 11) is 0. The van der Waals surface area contributed by atoms with E-state index in [1.165, 1.54) is 6.20 Å². The van der Waals surface area contributed by atoms with E-state index in [1.807, 2.05) is 0 Å². The summed E-state index contributed by atoms with van der Waals surface area (Å²) in [5.74, 6) is 0. The Morgan fingerprint density at radius 1 is 1.29 bits per heavy atom. The van der Waals surface area contributed by atoms with Crippen LogP contribution in [0.25, 0.3) is 0 Å². The van der Waals surface area contributed by atoms with Crippen LogP contribution in [-0.2, 0) is 32.7 Å². The van der Waals surface area contributed by atoms with Crippen molar-refractivity contribution in [2.45, 2.75) is 0 Å². The molecule has 0 unspecified atom stereocenters.